The highest BCUT2D eigenvalue weighted by Gasteiger charge is 2.13. The van der Waals surface area contributed by atoms with Crippen LogP contribution in [0.25, 0.3) is 0 Å². The summed E-state index contributed by atoms with van der Waals surface area (Å²) in [4.78, 5) is 32.1. The molecule has 0 bridgehead atoms. The molecule has 0 heterocycles. The van der Waals surface area contributed by atoms with E-state index in [1.165, 1.54) is 0 Å². The predicted molar refractivity (Wildman–Crippen MR) is 43.8 cm³/mol. The van der Waals surface area contributed by atoms with Gasteiger partial charge in [-0.25, -0.2) is 0 Å². The minimum atomic E-state index is -0.854. The van der Waals surface area contributed by atoms with Gasteiger partial charge in [0.1, 0.15) is 0 Å². The zero-order valence-electron chi connectivity index (χ0n) is 6.72. The summed E-state index contributed by atoms with van der Waals surface area (Å²) < 4.78 is 0. The first-order chi connectivity index (χ1) is 5.61. The van der Waals surface area contributed by atoms with Crippen molar-refractivity contribution in [3.63, 3.8) is 0 Å². The molecule has 68 valence electrons. The molecule has 0 fully saturated rings. The lowest BCUT2D eigenvalue weighted by molar-refractivity contribution is -0.140. The minimum Gasteiger partial charge on any atom is -0.290 e. The van der Waals surface area contributed by atoms with Gasteiger partial charge < -0.3 is 0 Å². The van der Waals surface area contributed by atoms with Crippen LogP contribution >= 0.6 is 11.6 Å². The lowest BCUT2D eigenvalue weighted by Gasteiger charge is -1.98. The van der Waals surface area contributed by atoms with Gasteiger partial charge in [-0.3, -0.25) is 19.7 Å². The lowest BCUT2D eigenvalue weighted by Crippen LogP contribution is -2.35. The Morgan fingerprint density at radius 3 is 2.33 bits per heavy atom. The van der Waals surface area contributed by atoms with E-state index in [2.05, 4.69) is 0 Å². The summed E-state index contributed by atoms with van der Waals surface area (Å²) in [7, 11) is 0. The fourth-order valence-electron chi connectivity index (χ4n) is 0.505. The van der Waals surface area contributed by atoms with Crippen molar-refractivity contribution in [1.29, 1.82) is 0 Å². The van der Waals surface area contributed by atoms with E-state index in [1.54, 1.807) is 6.92 Å². The maximum atomic E-state index is 10.7. The average Bonchev–Trinajstić information content (AvgIpc) is 2.03. The van der Waals surface area contributed by atoms with Gasteiger partial charge in [0.15, 0.2) is 0 Å². The standard InChI is InChI=1S/C7H10ClNO3/c1-2-5(10)7(12)9-6(11)3-4-8/h2-4H2,1H3,(H,9,11,12). The number of nitrogens with one attached hydrogen (secondary N) is 1. The Morgan fingerprint density at radius 1 is 1.33 bits per heavy atom. The molecule has 1 N–H and O–H groups in total. The highest BCUT2D eigenvalue weighted by Crippen LogP contribution is 1.86. The van der Waals surface area contributed by atoms with E-state index in [9.17, 15) is 14.4 Å². The van der Waals surface area contributed by atoms with Crippen molar-refractivity contribution in [3.05, 3.63) is 0 Å². The molecule has 0 rings (SSSR count). The van der Waals surface area contributed by atoms with Gasteiger partial charge in [-0.1, -0.05) is 6.92 Å². The van der Waals surface area contributed by atoms with Gasteiger partial charge in [-0.2, -0.15) is 0 Å². The molecule has 0 aromatic rings. The number of hydrogen-bond acceptors (Lipinski definition) is 3. The van der Waals surface area contributed by atoms with Gasteiger partial charge in [0.05, 0.1) is 0 Å². The number of Topliss-reactive ketones (excluding diaryl/α,β-unsaturated/α-hetero) is 1. The van der Waals surface area contributed by atoms with Crippen LogP contribution in [0.2, 0.25) is 0 Å². The second-order valence-corrected chi connectivity index (χ2v) is 2.47. The van der Waals surface area contributed by atoms with Crippen molar-refractivity contribution in [2.75, 3.05) is 5.88 Å². The maximum absolute atomic E-state index is 10.7. The van der Waals surface area contributed by atoms with E-state index >= 15 is 0 Å². The molecule has 0 atom stereocenters. The molecule has 12 heavy (non-hydrogen) atoms. The van der Waals surface area contributed by atoms with Crippen LogP contribution < -0.4 is 5.32 Å². The highest BCUT2D eigenvalue weighted by atomic mass is 35.5. The first kappa shape index (κ1) is 11.1. The van der Waals surface area contributed by atoms with Crippen LogP contribution in [0.5, 0.6) is 0 Å². The van der Waals surface area contributed by atoms with Crippen LogP contribution in [-0.4, -0.2) is 23.5 Å². The summed E-state index contributed by atoms with van der Waals surface area (Å²) in [5.74, 6) is -1.83. The third kappa shape index (κ3) is 4.08. The van der Waals surface area contributed by atoms with Crippen LogP contribution in [0.15, 0.2) is 0 Å². The van der Waals surface area contributed by atoms with Crippen LogP contribution in [0, 0.1) is 0 Å². The third-order valence-electron chi connectivity index (χ3n) is 1.15. The fourth-order valence-corrected chi connectivity index (χ4v) is 0.677. The Kier molecular flexibility index (Phi) is 5.28. The summed E-state index contributed by atoms with van der Waals surface area (Å²) >= 11 is 5.24. The summed E-state index contributed by atoms with van der Waals surface area (Å²) in [6.45, 7) is 1.55. The molecule has 4 nitrogen and oxygen atoms in total. The van der Waals surface area contributed by atoms with Crippen LogP contribution in [0.3, 0.4) is 0 Å². The predicted octanol–water partition coefficient (Wildman–Crippen LogP) is 0.237. The summed E-state index contributed by atoms with van der Waals surface area (Å²) in [5.41, 5.74) is 0. The van der Waals surface area contributed by atoms with Gasteiger partial charge in [-0.05, 0) is 0 Å². The largest absolute Gasteiger partial charge is 0.293 e. The first-order valence-electron chi connectivity index (χ1n) is 3.54. The minimum absolute atomic E-state index is 0.0459. The van der Waals surface area contributed by atoms with Gasteiger partial charge in [0, 0.05) is 18.7 Å². The van der Waals surface area contributed by atoms with Crippen LogP contribution in [-0.2, 0) is 14.4 Å². The fraction of sp³-hybridized carbons (Fsp3) is 0.571. The molecule has 0 aliphatic rings. The van der Waals surface area contributed by atoms with Crippen LogP contribution in [0.1, 0.15) is 19.8 Å². The van der Waals surface area contributed by atoms with Gasteiger partial charge >= 0.3 is 0 Å². The van der Waals surface area contributed by atoms with E-state index in [0.717, 1.165) is 0 Å². The zero-order valence-corrected chi connectivity index (χ0v) is 7.48. The average molecular weight is 192 g/mol. The SMILES string of the molecule is CCC(=O)C(=O)NC(=O)CCCl. The number of hydrogen-bond donors (Lipinski definition) is 1. The molecule has 0 aromatic carbocycles. The molecule has 2 amide bonds. The van der Waals surface area contributed by atoms with Crippen molar-refractivity contribution in [3.8, 4) is 0 Å². The number of ketones is 1. The Morgan fingerprint density at radius 2 is 1.92 bits per heavy atom. The Labute approximate surface area is 75.3 Å². The Bertz CT molecular complexity index is 203. The normalized spacial score (nSPS) is 9.17. The quantitative estimate of drug-likeness (QED) is 0.511. The third-order valence-corrected chi connectivity index (χ3v) is 1.34. The molecule has 0 spiro atoms. The molecule has 0 saturated carbocycles. The Balaban J connectivity index is 3.84. The summed E-state index contributed by atoms with van der Waals surface area (Å²) in [6, 6.07) is 0. The number of carbonyl (C=O) groups excluding carboxylic acids is 3. The summed E-state index contributed by atoms with van der Waals surface area (Å²) in [5, 5.41) is 1.92. The maximum Gasteiger partial charge on any atom is 0.293 e. The van der Waals surface area contributed by atoms with Crippen molar-refractivity contribution in [2.45, 2.75) is 19.8 Å². The molecule has 0 aliphatic carbocycles. The van der Waals surface area contributed by atoms with Crippen molar-refractivity contribution in [2.24, 2.45) is 0 Å². The van der Waals surface area contributed by atoms with Gasteiger partial charge in [-0.15, -0.1) is 11.6 Å². The summed E-state index contributed by atoms with van der Waals surface area (Å²) in [6.07, 6.45) is 0.143. The number of halogens is 1. The smallest absolute Gasteiger partial charge is 0.290 e. The lowest BCUT2D eigenvalue weighted by atomic mass is 10.3. The number of carbonyl (C=O) groups is 3. The van der Waals surface area contributed by atoms with Crippen molar-refractivity contribution < 1.29 is 14.4 Å². The number of imide groups is 1. The zero-order chi connectivity index (χ0) is 9.56. The molecule has 0 aliphatic heterocycles. The van der Waals surface area contributed by atoms with Gasteiger partial charge in [0.2, 0.25) is 11.7 Å². The second-order valence-electron chi connectivity index (χ2n) is 2.09. The molecule has 5 heteroatoms. The van der Waals surface area contributed by atoms with E-state index in [4.69, 9.17) is 11.6 Å². The first-order valence-corrected chi connectivity index (χ1v) is 4.08. The van der Waals surface area contributed by atoms with Gasteiger partial charge in [0.25, 0.3) is 5.91 Å². The van der Waals surface area contributed by atoms with Crippen molar-refractivity contribution >= 4 is 29.2 Å². The number of alkyl halides is 1. The van der Waals surface area contributed by atoms with E-state index in [1.807, 2.05) is 5.32 Å². The van der Waals surface area contributed by atoms with E-state index in [-0.39, 0.29) is 18.7 Å². The molecular weight excluding hydrogens is 182 g/mol. The second kappa shape index (κ2) is 5.71. The number of rotatable bonds is 4. The molecule has 0 saturated heterocycles. The van der Waals surface area contributed by atoms with E-state index in [0.29, 0.717) is 0 Å². The molecule has 0 unspecified atom stereocenters. The van der Waals surface area contributed by atoms with E-state index < -0.39 is 17.6 Å². The van der Waals surface area contributed by atoms with Crippen LogP contribution in [0.4, 0.5) is 0 Å². The monoisotopic (exact) mass is 191 g/mol. The topological polar surface area (TPSA) is 63.2 Å². The highest BCUT2D eigenvalue weighted by molar-refractivity contribution is 6.38. The molecular formula is C7H10ClNO3. The van der Waals surface area contributed by atoms with Crippen molar-refractivity contribution in [1.82, 2.24) is 5.32 Å². The molecule has 0 radical (unpaired) electrons. The molecule has 0 aromatic heterocycles. The number of amides is 2. The Hall–Kier alpha value is -0.900.